The molecule has 116 valence electrons. The highest BCUT2D eigenvalue weighted by Crippen LogP contribution is 2.38. The van der Waals surface area contributed by atoms with Gasteiger partial charge in [-0.05, 0) is 30.4 Å². The Labute approximate surface area is 138 Å². The summed E-state index contributed by atoms with van der Waals surface area (Å²) in [5.41, 5.74) is 0.0797. The molecule has 1 amide bonds. The molecule has 2 atom stereocenters. The number of nitrogens with zero attached hydrogens (tertiary/aromatic N) is 1. The quantitative estimate of drug-likeness (QED) is 0.760. The number of benzene rings is 1. The molecule has 2 rings (SSSR count). The molecule has 0 N–H and O–H groups in total. The van der Waals surface area contributed by atoms with E-state index in [1.54, 1.807) is 7.05 Å². The van der Waals surface area contributed by atoms with Crippen LogP contribution in [0.2, 0.25) is 10.0 Å². The van der Waals surface area contributed by atoms with Crippen molar-refractivity contribution in [3.05, 3.63) is 27.7 Å². The van der Waals surface area contributed by atoms with Crippen LogP contribution in [0.4, 0.5) is 0 Å². The Morgan fingerprint density at radius 2 is 1.90 bits per heavy atom. The van der Waals surface area contributed by atoms with Crippen molar-refractivity contribution in [2.45, 2.75) is 18.2 Å². The Balaban J connectivity index is 2.32. The molecule has 0 aliphatic heterocycles. The first-order chi connectivity index (χ1) is 9.61. The molecular weight excluding hydrogens is 357 g/mol. The zero-order chi connectivity index (χ0) is 15.9. The smallest absolute Gasteiger partial charge is 0.262 e. The van der Waals surface area contributed by atoms with Gasteiger partial charge in [-0.15, -0.1) is 0 Å². The van der Waals surface area contributed by atoms with Gasteiger partial charge < -0.3 is 4.90 Å². The minimum Gasteiger partial charge on any atom is -0.341 e. The summed E-state index contributed by atoms with van der Waals surface area (Å²) in [6, 6.07) is 2.35. The lowest BCUT2D eigenvalue weighted by molar-refractivity contribution is 0.0787. The van der Waals surface area contributed by atoms with Crippen molar-refractivity contribution in [2.24, 2.45) is 11.8 Å². The molecule has 0 aromatic heterocycles. The third kappa shape index (κ3) is 3.83. The maximum absolute atomic E-state index is 12.4. The fourth-order valence-corrected chi connectivity index (χ4v) is 3.99. The van der Waals surface area contributed by atoms with Gasteiger partial charge in [0.15, 0.2) is 0 Å². The van der Waals surface area contributed by atoms with Crippen molar-refractivity contribution in [1.82, 2.24) is 4.90 Å². The molecule has 1 saturated carbocycles. The van der Waals surface area contributed by atoms with Gasteiger partial charge in [0.2, 0.25) is 0 Å². The van der Waals surface area contributed by atoms with Crippen LogP contribution in [0.15, 0.2) is 17.0 Å². The molecule has 1 aromatic carbocycles. The average molecular weight is 371 g/mol. The van der Waals surface area contributed by atoms with Gasteiger partial charge in [0, 0.05) is 24.3 Å². The third-order valence-electron chi connectivity index (χ3n) is 3.65. The normalized spacial score (nSPS) is 21.2. The minimum absolute atomic E-state index is 0.0797. The monoisotopic (exact) mass is 369 g/mol. The lowest BCUT2D eigenvalue weighted by atomic mass is 10.2. The Hall–Kier alpha value is -0.490. The van der Waals surface area contributed by atoms with Crippen LogP contribution in [-0.4, -0.2) is 32.8 Å². The van der Waals surface area contributed by atoms with E-state index in [0.29, 0.717) is 18.4 Å². The molecule has 1 aliphatic rings. The van der Waals surface area contributed by atoms with Crippen LogP contribution < -0.4 is 0 Å². The molecule has 1 aromatic rings. The molecular formula is C13H14Cl3NO3S. The second-order valence-electron chi connectivity index (χ2n) is 5.36. The van der Waals surface area contributed by atoms with E-state index in [4.69, 9.17) is 33.9 Å². The zero-order valence-electron chi connectivity index (χ0n) is 11.4. The Bertz CT molecular complexity index is 690. The molecule has 0 bridgehead atoms. The maximum Gasteiger partial charge on any atom is 0.262 e. The lowest BCUT2D eigenvalue weighted by Crippen LogP contribution is -2.29. The Morgan fingerprint density at radius 3 is 2.38 bits per heavy atom. The van der Waals surface area contributed by atoms with Gasteiger partial charge in [-0.1, -0.05) is 30.1 Å². The molecule has 1 aliphatic carbocycles. The summed E-state index contributed by atoms with van der Waals surface area (Å²) >= 11 is 11.8. The first kappa shape index (κ1) is 16.9. The highest BCUT2D eigenvalue weighted by Gasteiger charge is 2.34. The number of amides is 1. The van der Waals surface area contributed by atoms with Gasteiger partial charge in [-0.2, -0.15) is 0 Å². The summed E-state index contributed by atoms with van der Waals surface area (Å²) < 4.78 is 22.9. The summed E-state index contributed by atoms with van der Waals surface area (Å²) in [5.74, 6) is 0.748. The second-order valence-corrected chi connectivity index (χ2v) is 8.71. The van der Waals surface area contributed by atoms with E-state index >= 15 is 0 Å². The van der Waals surface area contributed by atoms with E-state index in [0.717, 1.165) is 12.5 Å². The van der Waals surface area contributed by atoms with Crippen LogP contribution in [0.1, 0.15) is 23.7 Å². The van der Waals surface area contributed by atoms with Crippen molar-refractivity contribution in [3.63, 3.8) is 0 Å². The molecule has 0 radical (unpaired) electrons. The predicted octanol–water partition coefficient (Wildman–Crippen LogP) is 3.65. The average Bonchev–Trinajstić information content (AvgIpc) is 3.02. The van der Waals surface area contributed by atoms with Gasteiger partial charge in [0.25, 0.3) is 15.0 Å². The van der Waals surface area contributed by atoms with Crippen LogP contribution >= 0.6 is 33.9 Å². The van der Waals surface area contributed by atoms with Crippen molar-refractivity contribution < 1.29 is 13.2 Å². The molecule has 21 heavy (non-hydrogen) atoms. The standard InChI is InChI=1S/C13H14Cl3NO3S/c1-7-3-8(7)6-17(2)13(18)9-4-12(21(16,19)20)11(15)5-10(9)14/h4-5,7-8H,3,6H2,1-2H3. The topological polar surface area (TPSA) is 54.5 Å². The lowest BCUT2D eigenvalue weighted by Gasteiger charge is -2.18. The summed E-state index contributed by atoms with van der Waals surface area (Å²) in [6.07, 6.45) is 1.09. The van der Waals surface area contributed by atoms with E-state index in [1.807, 2.05) is 0 Å². The number of carbonyl (C=O) groups excluding carboxylic acids is 1. The van der Waals surface area contributed by atoms with E-state index in [1.165, 1.54) is 11.0 Å². The summed E-state index contributed by atoms with van der Waals surface area (Å²) in [4.78, 5) is 13.6. The molecule has 4 nitrogen and oxygen atoms in total. The summed E-state index contributed by atoms with van der Waals surface area (Å²) in [6.45, 7) is 2.73. The molecule has 0 spiro atoms. The maximum atomic E-state index is 12.4. The van der Waals surface area contributed by atoms with Crippen LogP contribution in [-0.2, 0) is 9.05 Å². The highest BCUT2D eigenvalue weighted by atomic mass is 35.7. The van der Waals surface area contributed by atoms with Crippen molar-refractivity contribution in [2.75, 3.05) is 13.6 Å². The Morgan fingerprint density at radius 1 is 1.33 bits per heavy atom. The SMILES string of the molecule is CC1CC1CN(C)C(=O)c1cc(S(=O)(=O)Cl)c(Cl)cc1Cl. The van der Waals surface area contributed by atoms with Crippen LogP contribution in [0.5, 0.6) is 0 Å². The van der Waals surface area contributed by atoms with Gasteiger partial charge in [0.1, 0.15) is 4.90 Å². The van der Waals surface area contributed by atoms with Crippen LogP contribution in [0.25, 0.3) is 0 Å². The first-order valence-electron chi connectivity index (χ1n) is 6.30. The highest BCUT2D eigenvalue weighted by molar-refractivity contribution is 8.13. The molecule has 0 heterocycles. The summed E-state index contributed by atoms with van der Waals surface area (Å²) in [5, 5.41) is -0.00483. The molecule has 8 heteroatoms. The van der Waals surface area contributed by atoms with E-state index in [-0.39, 0.29) is 26.4 Å². The van der Waals surface area contributed by atoms with Gasteiger partial charge in [-0.25, -0.2) is 8.42 Å². The van der Waals surface area contributed by atoms with Crippen LogP contribution in [0.3, 0.4) is 0 Å². The third-order valence-corrected chi connectivity index (χ3v) is 5.75. The zero-order valence-corrected chi connectivity index (χ0v) is 14.5. The van der Waals surface area contributed by atoms with Crippen molar-refractivity contribution >= 4 is 48.8 Å². The largest absolute Gasteiger partial charge is 0.341 e. The van der Waals surface area contributed by atoms with Crippen LogP contribution in [0, 0.1) is 11.8 Å². The molecule has 2 unspecified atom stereocenters. The minimum atomic E-state index is -4.04. The number of rotatable bonds is 4. The fraction of sp³-hybridized carbons (Fsp3) is 0.462. The number of hydrogen-bond acceptors (Lipinski definition) is 3. The molecule has 1 fully saturated rings. The van der Waals surface area contributed by atoms with E-state index in [2.05, 4.69) is 6.92 Å². The number of carbonyl (C=O) groups is 1. The van der Waals surface area contributed by atoms with Crippen molar-refractivity contribution in [3.8, 4) is 0 Å². The van der Waals surface area contributed by atoms with Gasteiger partial charge in [0.05, 0.1) is 15.6 Å². The van der Waals surface area contributed by atoms with Gasteiger partial charge in [-0.3, -0.25) is 4.79 Å². The predicted molar refractivity (Wildman–Crippen MR) is 83.7 cm³/mol. The number of hydrogen-bond donors (Lipinski definition) is 0. The summed E-state index contributed by atoms with van der Waals surface area (Å²) in [7, 11) is 2.92. The van der Waals surface area contributed by atoms with Gasteiger partial charge >= 0.3 is 0 Å². The van der Waals surface area contributed by atoms with E-state index < -0.39 is 9.05 Å². The Kier molecular flexibility index (Phi) is 4.78. The van der Waals surface area contributed by atoms with Crippen molar-refractivity contribution in [1.29, 1.82) is 0 Å². The first-order valence-corrected chi connectivity index (χ1v) is 9.37. The molecule has 0 saturated heterocycles. The number of halogens is 3. The fourth-order valence-electron chi connectivity index (χ4n) is 2.17. The second kappa shape index (κ2) is 5.95. The van der Waals surface area contributed by atoms with E-state index in [9.17, 15) is 13.2 Å².